The van der Waals surface area contributed by atoms with Crippen molar-refractivity contribution in [2.45, 2.75) is 6.92 Å². The molecule has 1 aromatic heterocycles. The Kier molecular flexibility index (Phi) is 4.59. The summed E-state index contributed by atoms with van der Waals surface area (Å²) in [5, 5.41) is 12.1. The molecule has 0 radical (unpaired) electrons. The summed E-state index contributed by atoms with van der Waals surface area (Å²) in [6, 6.07) is 15.0. The predicted molar refractivity (Wildman–Crippen MR) is 95.2 cm³/mol. The van der Waals surface area contributed by atoms with E-state index in [0.717, 1.165) is 5.56 Å². The van der Waals surface area contributed by atoms with Crippen LogP contribution in [-0.4, -0.2) is 17.0 Å². The Morgan fingerprint density at radius 2 is 1.76 bits per heavy atom. The van der Waals surface area contributed by atoms with Gasteiger partial charge < -0.3 is 14.8 Å². The quantitative estimate of drug-likeness (QED) is 0.700. The number of benzene rings is 2. The molecular weight excluding hydrogens is 342 g/mol. The van der Waals surface area contributed by atoms with E-state index in [1.54, 1.807) is 30.3 Å². The number of furan rings is 1. The van der Waals surface area contributed by atoms with Crippen LogP contribution >= 0.6 is 11.6 Å². The van der Waals surface area contributed by atoms with Gasteiger partial charge in [-0.15, -0.1) is 0 Å². The maximum atomic E-state index is 12.3. The summed E-state index contributed by atoms with van der Waals surface area (Å²) < 4.78 is 5.27. The van der Waals surface area contributed by atoms with Crippen LogP contribution in [0.3, 0.4) is 0 Å². The molecular formula is C19H14ClNO4. The van der Waals surface area contributed by atoms with Gasteiger partial charge in [0, 0.05) is 16.8 Å². The lowest BCUT2D eigenvalue weighted by atomic mass is 10.1. The van der Waals surface area contributed by atoms with Crippen LogP contribution in [0.15, 0.2) is 59.0 Å². The average molecular weight is 356 g/mol. The first-order valence-corrected chi connectivity index (χ1v) is 7.83. The third kappa shape index (κ3) is 3.72. The number of hydrogen-bond acceptors (Lipinski definition) is 3. The standard InChI is InChI=1S/C19H14ClNO4/c1-11-2-4-12(5-3-11)18(22)21-13-6-7-15(20)14(10-13)16-8-9-17(25-16)19(23)24/h2-10H,1H3,(H,21,22)(H,23,24). The Bertz CT molecular complexity index is 944. The SMILES string of the molecule is Cc1ccc(C(=O)Nc2ccc(Cl)c(-c3ccc(C(=O)O)o3)c2)cc1. The molecule has 0 fully saturated rings. The molecule has 0 saturated heterocycles. The van der Waals surface area contributed by atoms with Crippen molar-refractivity contribution in [3.8, 4) is 11.3 Å². The number of aryl methyl sites for hydroxylation is 1. The zero-order chi connectivity index (χ0) is 18.0. The first-order chi connectivity index (χ1) is 11.9. The number of anilines is 1. The largest absolute Gasteiger partial charge is 0.475 e. The molecule has 0 saturated carbocycles. The third-order valence-electron chi connectivity index (χ3n) is 3.62. The summed E-state index contributed by atoms with van der Waals surface area (Å²) in [6.45, 7) is 1.95. The van der Waals surface area contributed by atoms with Gasteiger partial charge in [0.2, 0.25) is 5.76 Å². The van der Waals surface area contributed by atoms with Crippen LogP contribution in [0.25, 0.3) is 11.3 Å². The van der Waals surface area contributed by atoms with Gasteiger partial charge in [0.15, 0.2) is 0 Å². The van der Waals surface area contributed by atoms with Crippen molar-refractivity contribution in [1.82, 2.24) is 0 Å². The van der Waals surface area contributed by atoms with Crippen molar-refractivity contribution in [3.63, 3.8) is 0 Å². The second-order valence-electron chi connectivity index (χ2n) is 5.48. The van der Waals surface area contributed by atoms with Crippen molar-refractivity contribution in [1.29, 1.82) is 0 Å². The fourth-order valence-electron chi connectivity index (χ4n) is 2.30. The Labute approximate surface area is 148 Å². The molecule has 126 valence electrons. The number of hydrogen-bond donors (Lipinski definition) is 2. The van der Waals surface area contributed by atoms with Gasteiger partial charge >= 0.3 is 5.97 Å². The summed E-state index contributed by atoms with van der Waals surface area (Å²) >= 11 is 6.17. The predicted octanol–water partition coefficient (Wildman–Crippen LogP) is 4.86. The molecule has 25 heavy (non-hydrogen) atoms. The van der Waals surface area contributed by atoms with E-state index in [-0.39, 0.29) is 11.7 Å². The minimum atomic E-state index is -1.16. The summed E-state index contributed by atoms with van der Waals surface area (Å²) in [5.74, 6) is -1.28. The molecule has 0 spiro atoms. The minimum Gasteiger partial charge on any atom is -0.475 e. The molecule has 0 aliphatic carbocycles. The molecule has 2 N–H and O–H groups in total. The number of rotatable bonds is 4. The Morgan fingerprint density at radius 3 is 2.40 bits per heavy atom. The Morgan fingerprint density at radius 1 is 1.04 bits per heavy atom. The number of nitrogens with one attached hydrogen (secondary N) is 1. The van der Waals surface area contributed by atoms with Crippen LogP contribution in [0.1, 0.15) is 26.5 Å². The van der Waals surface area contributed by atoms with Crippen LogP contribution in [0, 0.1) is 6.92 Å². The highest BCUT2D eigenvalue weighted by Crippen LogP contribution is 2.32. The third-order valence-corrected chi connectivity index (χ3v) is 3.95. The van der Waals surface area contributed by atoms with Gasteiger partial charge in [0.1, 0.15) is 5.76 Å². The molecule has 0 atom stereocenters. The second kappa shape index (κ2) is 6.83. The van der Waals surface area contributed by atoms with Crippen LogP contribution < -0.4 is 5.32 Å². The minimum absolute atomic E-state index is 0.180. The summed E-state index contributed by atoms with van der Waals surface area (Å²) in [5.41, 5.74) is 2.62. The van der Waals surface area contributed by atoms with Crippen LogP contribution in [0.5, 0.6) is 0 Å². The van der Waals surface area contributed by atoms with E-state index in [2.05, 4.69) is 5.32 Å². The fraction of sp³-hybridized carbons (Fsp3) is 0.0526. The number of carbonyl (C=O) groups is 2. The molecule has 0 bridgehead atoms. The number of halogens is 1. The summed E-state index contributed by atoms with van der Waals surface area (Å²) in [6.07, 6.45) is 0. The van der Waals surface area contributed by atoms with Gasteiger partial charge in [0.25, 0.3) is 5.91 Å². The molecule has 5 nitrogen and oxygen atoms in total. The lowest BCUT2D eigenvalue weighted by Crippen LogP contribution is -2.11. The van der Waals surface area contributed by atoms with Crippen molar-refractivity contribution in [3.05, 3.63) is 76.5 Å². The smallest absolute Gasteiger partial charge is 0.371 e. The zero-order valence-corrected chi connectivity index (χ0v) is 14.0. The molecule has 0 aliphatic heterocycles. The second-order valence-corrected chi connectivity index (χ2v) is 5.89. The first kappa shape index (κ1) is 16.8. The van der Waals surface area contributed by atoms with E-state index < -0.39 is 5.97 Å². The molecule has 3 aromatic rings. The lowest BCUT2D eigenvalue weighted by molar-refractivity contribution is 0.0663. The van der Waals surface area contributed by atoms with Crippen molar-refractivity contribution in [2.24, 2.45) is 0 Å². The van der Waals surface area contributed by atoms with Gasteiger partial charge in [0.05, 0.1) is 5.02 Å². The van der Waals surface area contributed by atoms with Crippen molar-refractivity contribution >= 4 is 29.2 Å². The van der Waals surface area contributed by atoms with E-state index in [4.69, 9.17) is 21.1 Å². The molecule has 0 unspecified atom stereocenters. The highest BCUT2D eigenvalue weighted by Gasteiger charge is 2.14. The first-order valence-electron chi connectivity index (χ1n) is 7.45. The lowest BCUT2D eigenvalue weighted by Gasteiger charge is -2.08. The number of amides is 1. The molecule has 3 rings (SSSR count). The zero-order valence-electron chi connectivity index (χ0n) is 13.2. The van der Waals surface area contributed by atoms with Gasteiger partial charge in [-0.25, -0.2) is 4.79 Å². The van der Waals surface area contributed by atoms with Crippen molar-refractivity contribution < 1.29 is 19.1 Å². The maximum Gasteiger partial charge on any atom is 0.371 e. The maximum absolute atomic E-state index is 12.3. The van der Waals surface area contributed by atoms with E-state index >= 15 is 0 Å². The number of carboxylic acid groups (broad SMARTS) is 1. The van der Waals surface area contributed by atoms with Gasteiger partial charge in [-0.1, -0.05) is 29.3 Å². The Hall–Kier alpha value is -3.05. The summed E-state index contributed by atoms with van der Waals surface area (Å²) in [7, 11) is 0. The number of carboxylic acids is 1. The van der Waals surface area contributed by atoms with Gasteiger partial charge in [-0.2, -0.15) is 0 Å². The summed E-state index contributed by atoms with van der Waals surface area (Å²) in [4.78, 5) is 23.2. The molecule has 2 aromatic carbocycles. The average Bonchev–Trinajstić information content (AvgIpc) is 3.07. The van der Waals surface area contributed by atoms with Crippen molar-refractivity contribution in [2.75, 3.05) is 5.32 Å². The van der Waals surface area contributed by atoms with Gasteiger partial charge in [-0.05, 0) is 49.4 Å². The van der Waals surface area contributed by atoms with Crippen LogP contribution in [0.4, 0.5) is 5.69 Å². The van der Waals surface area contributed by atoms with Crippen LogP contribution in [0.2, 0.25) is 5.02 Å². The molecule has 1 heterocycles. The highest BCUT2D eigenvalue weighted by atomic mass is 35.5. The van der Waals surface area contributed by atoms with E-state index in [1.807, 2.05) is 19.1 Å². The van der Waals surface area contributed by atoms with E-state index in [1.165, 1.54) is 12.1 Å². The number of carbonyl (C=O) groups excluding carboxylic acids is 1. The van der Waals surface area contributed by atoms with E-state index in [9.17, 15) is 9.59 Å². The van der Waals surface area contributed by atoms with E-state index in [0.29, 0.717) is 27.6 Å². The monoisotopic (exact) mass is 355 g/mol. The van der Waals surface area contributed by atoms with Gasteiger partial charge in [-0.3, -0.25) is 4.79 Å². The number of aromatic carboxylic acids is 1. The molecule has 0 aliphatic rings. The highest BCUT2D eigenvalue weighted by molar-refractivity contribution is 6.33. The molecule has 1 amide bonds. The Balaban J connectivity index is 1.87. The normalized spacial score (nSPS) is 10.5. The topological polar surface area (TPSA) is 79.5 Å². The van der Waals surface area contributed by atoms with Crippen LogP contribution in [-0.2, 0) is 0 Å². The fourth-order valence-corrected chi connectivity index (χ4v) is 2.51. The molecule has 6 heteroatoms.